The number of hydrogen-bond donors (Lipinski definition) is 1. The lowest BCUT2D eigenvalue weighted by Crippen LogP contribution is -2.32. The van der Waals surface area contributed by atoms with Crippen LogP contribution < -0.4 is 5.73 Å². The minimum Gasteiger partial charge on any atom is -0.329 e. The smallest absolute Gasteiger partial charge is 0.126 e. The van der Waals surface area contributed by atoms with Crippen LogP contribution in [0.1, 0.15) is 30.9 Å². The molecule has 4 heteroatoms. The number of benzene rings is 1. The number of hydrogen-bond acceptors (Lipinski definition) is 2. The Hall–Kier alpha value is -1.00. The van der Waals surface area contributed by atoms with Crippen molar-refractivity contribution in [1.29, 1.82) is 0 Å². The Balaban J connectivity index is 1.80. The van der Waals surface area contributed by atoms with E-state index in [-0.39, 0.29) is 6.04 Å². The molecule has 0 amide bonds. The summed E-state index contributed by atoms with van der Waals surface area (Å²) in [5.41, 5.74) is 6.52. The van der Waals surface area contributed by atoms with Crippen LogP contribution in [0.5, 0.6) is 0 Å². The molecule has 2 nitrogen and oxygen atoms in total. The molecule has 2 N–H and O–H groups in total. The maximum atomic E-state index is 13.3. The summed E-state index contributed by atoms with van der Waals surface area (Å²) < 4.78 is 26.7. The molecule has 0 radical (unpaired) electrons. The molecule has 2 aliphatic rings. The first-order valence-electron chi connectivity index (χ1n) is 7.07. The van der Waals surface area contributed by atoms with Gasteiger partial charge in [0.05, 0.1) is 0 Å². The highest BCUT2D eigenvalue weighted by Crippen LogP contribution is 2.40. The second-order valence-electron chi connectivity index (χ2n) is 5.86. The largest absolute Gasteiger partial charge is 0.329 e. The predicted molar refractivity (Wildman–Crippen MR) is 70.6 cm³/mol. The lowest BCUT2D eigenvalue weighted by atomic mass is 10.0. The van der Waals surface area contributed by atoms with E-state index in [0.29, 0.717) is 12.1 Å². The summed E-state index contributed by atoms with van der Waals surface area (Å²) in [5.74, 6) is 0.473. The standard InChI is InChI=1S/C15H20F2N2/c16-13-4-12(5-14(17)6-13)15(7-18)19-8-10-2-1-3-11(10)9-19/h4-6,10-11,15H,1-3,7-9,18H2. The van der Waals surface area contributed by atoms with Crippen LogP contribution in [0.15, 0.2) is 18.2 Å². The molecule has 104 valence electrons. The van der Waals surface area contributed by atoms with Crippen LogP contribution in [-0.4, -0.2) is 24.5 Å². The molecule has 2 fully saturated rings. The average molecular weight is 266 g/mol. The van der Waals surface area contributed by atoms with Crippen molar-refractivity contribution in [1.82, 2.24) is 4.90 Å². The van der Waals surface area contributed by atoms with Gasteiger partial charge in [-0.15, -0.1) is 0 Å². The summed E-state index contributed by atoms with van der Waals surface area (Å²) in [6, 6.07) is 3.68. The summed E-state index contributed by atoms with van der Waals surface area (Å²) in [6.07, 6.45) is 3.90. The van der Waals surface area contributed by atoms with E-state index < -0.39 is 11.6 Å². The molecule has 1 saturated heterocycles. The minimum absolute atomic E-state index is 0.0594. The fourth-order valence-electron chi connectivity index (χ4n) is 3.79. The van der Waals surface area contributed by atoms with Crippen molar-refractivity contribution >= 4 is 0 Å². The maximum absolute atomic E-state index is 13.3. The first kappa shape index (κ1) is 13.0. The summed E-state index contributed by atoms with van der Waals surface area (Å²) in [5, 5.41) is 0. The zero-order chi connectivity index (χ0) is 13.4. The molecule has 3 unspecified atom stereocenters. The molecular weight excluding hydrogens is 246 g/mol. The van der Waals surface area contributed by atoms with Crippen molar-refractivity contribution in [3.8, 4) is 0 Å². The second-order valence-corrected chi connectivity index (χ2v) is 5.86. The van der Waals surface area contributed by atoms with Crippen LogP contribution in [0.4, 0.5) is 8.78 Å². The zero-order valence-electron chi connectivity index (χ0n) is 11.0. The predicted octanol–water partition coefficient (Wildman–Crippen LogP) is 2.70. The van der Waals surface area contributed by atoms with E-state index >= 15 is 0 Å². The van der Waals surface area contributed by atoms with E-state index in [4.69, 9.17) is 5.73 Å². The lowest BCUT2D eigenvalue weighted by Gasteiger charge is -2.28. The Morgan fingerprint density at radius 1 is 1.11 bits per heavy atom. The van der Waals surface area contributed by atoms with Crippen LogP contribution in [0, 0.1) is 23.5 Å². The van der Waals surface area contributed by atoms with E-state index in [1.807, 2.05) is 0 Å². The molecule has 1 aromatic carbocycles. The SMILES string of the molecule is NCC(c1cc(F)cc(F)c1)N1CC2CCCC2C1. The highest BCUT2D eigenvalue weighted by atomic mass is 19.1. The van der Waals surface area contributed by atoms with Crippen LogP contribution in [0.3, 0.4) is 0 Å². The third-order valence-corrected chi connectivity index (χ3v) is 4.69. The van der Waals surface area contributed by atoms with Gasteiger partial charge < -0.3 is 5.73 Å². The van der Waals surface area contributed by atoms with Gasteiger partial charge in [-0.3, -0.25) is 4.90 Å². The average Bonchev–Trinajstić information content (AvgIpc) is 2.89. The highest BCUT2D eigenvalue weighted by molar-refractivity contribution is 5.22. The first-order valence-corrected chi connectivity index (χ1v) is 7.07. The van der Waals surface area contributed by atoms with Gasteiger partial charge >= 0.3 is 0 Å². The fraction of sp³-hybridized carbons (Fsp3) is 0.600. The Labute approximate surface area is 112 Å². The molecule has 1 aliphatic carbocycles. The van der Waals surface area contributed by atoms with Crippen LogP contribution in [0.2, 0.25) is 0 Å². The van der Waals surface area contributed by atoms with E-state index in [9.17, 15) is 8.78 Å². The fourth-order valence-corrected chi connectivity index (χ4v) is 3.79. The molecule has 0 bridgehead atoms. The highest BCUT2D eigenvalue weighted by Gasteiger charge is 2.38. The normalized spacial score (nSPS) is 28.6. The van der Waals surface area contributed by atoms with Gasteiger partial charge in [-0.05, 0) is 42.4 Å². The van der Waals surface area contributed by atoms with Crippen molar-refractivity contribution in [2.45, 2.75) is 25.3 Å². The van der Waals surface area contributed by atoms with E-state index in [1.165, 1.54) is 31.4 Å². The number of likely N-dealkylation sites (tertiary alicyclic amines) is 1. The summed E-state index contributed by atoms with van der Waals surface area (Å²) in [6.45, 7) is 2.44. The van der Waals surface area contributed by atoms with Gasteiger partial charge in [0, 0.05) is 31.7 Å². The first-order chi connectivity index (χ1) is 9.17. The van der Waals surface area contributed by atoms with Crippen LogP contribution >= 0.6 is 0 Å². The summed E-state index contributed by atoms with van der Waals surface area (Å²) >= 11 is 0. The lowest BCUT2D eigenvalue weighted by molar-refractivity contribution is 0.231. The topological polar surface area (TPSA) is 29.3 Å². The van der Waals surface area contributed by atoms with Crippen molar-refractivity contribution in [3.63, 3.8) is 0 Å². The molecule has 19 heavy (non-hydrogen) atoms. The molecule has 0 aromatic heterocycles. The summed E-state index contributed by atoms with van der Waals surface area (Å²) in [7, 11) is 0. The van der Waals surface area contributed by atoms with Crippen molar-refractivity contribution < 1.29 is 8.78 Å². The molecule has 1 saturated carbocycles. The molecule has 1 heterocycles. The van der Waals surface area contributed by atoms with Gasteiger partial charge in [-0.2, -0.15) is 0 Å². The van der Waals surface area contributed by atoms with Crippen molar-refractivity contribution in [3.05, 3.63) is 35.4 Å². The van der Waals surface area contributed by atoms with E-state index in [1.54, 1.807) is 0 Å². The zero-order valence-corrected chi connectivity index (χ0v) is 11.0. The molecule has 0 spiro atoms. The third kappa shape index (κ3) is 2.51. The van der Waals surface area contributed by atoms with Gasteiger partial charge in [0.15, 0.2) is 0 Å². The Morgan fingerprint density at radius 3 is 2.21 bits per heavy atom. The maximum Gasteiger partial charge on any atom is 0.126 e. The molecule has 1 aliphatic heterocycles. The minimum atomic E-state index is -0.521. The number of rotatable bonds is 3. The number of nitrogens with two attached hydrogens (primary N) is 1. The van der Waals surface area contributed by atoms with Crippen molar-refractivity contribution in [2.24, 2.45) is 17.6 Å². The monoisotopic (exact) mass is 266 g/mol. The molecule has 3 rings (SSSR count). The Morgan fingerprint density at radius 2 is 1.68 bits per heavy atom. The van der Waals surface area contributed by atoms with Crippen LogP contribution in [0.25, 0.3) is 0 Å². The van der Waals surface area contributed by atoms with Gasteiger partial charge in [-0.25, -0.2) is 8.78 Å². The van der Waals surface area contributed by atoms with Gasteiger partial charge in [0.1, 0.15) is 11.6 Å². The second kappa shape index (κ2) is 5.17. The summed E-state index contributed by atoms with van der Waals surface area (Å²) in [4.78, 5) is 2.31. The number of nitrogens with zero attached hydrogens (tertiary/aromatic N) is 1. The van der Waals surface area contributed by atoms with Gasteiger partial charge in [0.25, 0.3) is 0 Å². The molecular formula is C15H20F2N2. The van der Waals surface area contributed by atoms with Crippen LogP contribution in [-0.2, 0) is 0 Å². The number of halogens is 2. The van der Waals surface area contributed by atoms with Gasteiger partial charge in [-0.1, -0.05) is 6.42 Å². The third-order valence-electron chi connectivity index (χ3n) is 4.69. The quantitative estimate of drug-likeness (QED) is 0.911. The Bertz CT molecular complexity index is 431. The van der Waals surface area contributed by atoms with Gasteiger partial charge in [0.2, 0.25) is 0 Å². The van der Waals surface area contributed by atoms with Crippen molar-refractivity contribution in [2.75, 3.05) is 19.6 Å². The van der Waals surface area contributed by atoms with E-state index in [2.05, 4.69) is 4.90 Å². The molecule has 3 atom stereocenters. The molecule has 1 aromatic rings. The Kier molecular flexibility index (Phi) is 3.54. The number of fused-ring (bicyclic) bond motifs is 1. The van der Waals surface area contributed by atoms with E-state index in [0.717, 1.165) is 31.0 Å².